The number of carbonyl (C=O) groups excluding carboxylic acids is 3. The standard InChI is InChI=1S/C24H27N5O6/c1-33-23(31)20(28-24(32)34-14-15-5-3-2-4-6-15)13-27-21(30)12-18-11-19(29-35-18)16-7-9-17(10-8-16)22(25)26/h2-10,18,20H,11-14H2,1H3,(H3,25,26)(H,27,30)(H,28,32)/t18?,20-/m0/s1. The molecular formula is C24H27N5O6. The lowest BCUT2D eigenvalue weighted by atomic mass is 10.0. The number of amides is 2. The lowest BCUT2D eigenvalue weighted by Gasteiger charge is -2.17. The molecule has 1 heterocycles. The maximum atomic E-state index is 12.4. The van der Waals surface area contributed by atoms with Crippen LogP contribution in [0.1, 0.15) is 29.5 Å². The van der Waals surface area contributed by atoms with E-state index in [2.05, 4.69) is 15.8 Å². The molecule has 184 valence electrons. The summed E-state index contributed by atoms with van der Waals surface area (Å²) in [6.07, 6.45) is -0.869. The van der Waals surface area contributed by atoms with Gasteiger partial charge in [-0.1, -0.05) is 59.8 Å². The smallest absolute Gasteiger partial charge is 0.408 e. The molecule has 1 aliphatic rings. The highest BCUT2D eigenvalue weighted by Crippen LogP contribution is 2.19. The van der Waals surface area contributed by atoms with E-state index in [0.717, 1.165) is 11.1 Å². The lowest BCUT2D eigenvalue weighted by Crippen LogP contribution is -2.49. The van der Waals surface area contributed by atoms with Crippen molar-refractivity contribution in [3.05, 3.63) is 71.3 Å². The molecule has 0 spiro atoms. The van der Waals surface area contributed by atoms with Gasteiger partial charge in [0.15, 0.2) is 0 Å². The minimum atomic E-state index is -1.12. The Balaban J connectivity index is 1.44. The van der Waals surface area contributed by atoms with Gasteiger partial charge in [0.05, 0.1) is 19.2 Å². The lowest BCUT2D eigenvalue weighted by molar-refractivity contribution is -0.143. The summed E-state index contributed by atoms with van der Waals surface area (Å²) in [6.45, 7) is -0.148. The Hall–Kier alpha value is -4.41. The zero-order valence-electron chi connectivity index (χ0n) is 19.2. The molecule has 0 saturated heterocycles. The molecule has 11 heteroatoms. The summed E-state index contributed by atoms with van der Waals surface area (Å²) in [4.78, 5) is 41.9. The highest BCUT2D eigenvalue weighted by molar-refractivity contribution is 6.02. The van der Waals surface area contributed by atoms with Gasteiger partial charge in [0, 0.05) is 18.5 Å². The van der Waals surface area contributed by atoms with E-state index in [1.54, 1.807) is 36.4 Å². The third-order valence-corrected chi connectivity index (χ3v) is 5.17. The van der Waals surface area contributed by atoms with E-state index in [-0.39, 0.29) is 31.3 Å². The third kappa shape index (κ3) is 7.56. The Kier molecular flexibility index (Phi) is 8.76. The van der Waals surface area contributed by atoms with Crippen LogP contribution in [0.5, 0.6) is 0 Å². The number of rotatable bonds is 10. The van der Waals surface area contributed by atoms with Crippen LogP contribution in [-0.2, 0) is 30.5 Å². The number of benzene rings is 2. The molecule has 0 aliphatic carbocycles. The van der Waals surface area contributed by atoms with Gasteiger partial charge in [0.2, 0.25) is 5.91 Å². The van der Waals surface area contributed by atoms with Crippen molar-refractivity contribution in [3.8, 4) is 0 Å². The molecule has 11 nitrogen and oxygen atoms in total. The molecule has 0 radical (unpaired) electrons. The van der Waals surface area contributed by atoms with E-state index in [1.807, 2.05) is 18.2 Å². The van der Waals surface area contributed by atoms with E-state index in [9.17, 15) is 14.4 Å². The van der Waals surface area contributed by atoms with Crippen LogP contribution in [0, 0.1) is 5.41 Å². The van der Waals surface area contributed by atoms with E-state index in [1.165, 1.54) is 7.11 Å². The number of ether oxygens (including phenoxy) is 2. The zero-order chi connectivity index (χ0) is 25.2. The summed E-state index contributed by atoms with van der Waals surface area (Å²) < 4.78 is 9.82. The van der Waals surface area contributed by atoms with Crippen LogP contribution in [0.25, 0.3) is 0 Å². The van der Waals surface area contributed by atoms with Crippen molar-refractivity contribution < 1.29 is 28.7 Å². The van der Waals surface area contributed by atoms with Crippen LogP contribution in [0.15, 0.2) is 59.8 Å². The second-order valence-corrected chi connectivity index (χ2v) is 7.75. The van der Waals surface area contributed by atoms with Gasteiger partial charge in [-0.3, -0.25) is 10.2 Å². The Morgan fingerprint density at radius 2 is 1.89 bits per heavy atom. The minimum absolute atomic E-state index is 0.00484. The van der Waals surface area contributed by atoms with Gasteiger partial charge < -0.3 is 30.7 Å². The molecule has 3 rings (SSSR count). The Labute approximate surface area is 202 Å². The number of amidine groups is 1. The van der Waals surface area contributed by atoms with Gasteiger partial charge in [0.1, 0.15) is 24.6 Å². The van der Waals surface area contributed by atoms with E-state index in [4.69, 9.17) is 25.5 Å². The van der Waals surface area contributed by atoms with Crippen molar-refractivity contribution in [2.75, 3.05) is 13.7 Å². The number of hydrogen-bond acceptors (Lipinski definition) is 8. The summed E-state index contributed by atoms with van der Waals surface area (Å²) in [5, 5.41) is 16.5. The fourth-order valence-electron chi connectivity index (χ4n) is 3.29. The number of esters is 1. The largest absolute Gasteiger partial charge is 0.467 e. The maximum absolute atomic E-state index is 12.4. The fourth-order valence-corrected chi connectivity index (χ4v) is 3.29. The molecule has 2 amide bonds. The van der Waals surface area contributed by atoms with Crippen molar-refractivity contribution in [2.45, 2.75) is 31.6 Å². The molecule has 2 aromatic carbocycles. The van der Waals surface area contributed by atoms with Crippen LogP contribution >= 0.6 is 0 Å². The quantitative estimate of drug-likeness (QED) is 0.226. The number of nitrogens with zero attached hydrogens (tertiary/aromatic N) is 1. The highest BCUT2D eigenvalue weighted by atomic mass is 16.6. The highest BCUT2D eigenvalue weighted by Gasteiger charge is 2.27. The number of nitrogen functional groups attached to an aromatic ring is 1. The normalized spacial score (nSPS) is 15.2. The summed E-state index contributed by atoms with van der Waals surface area (Å²) in [7, 11) is 1.18. The summed E-state index contributed by atoms with van der Waals surface area (Å²) >= 11 is 0. The molecule has 5 N–H and O–H groups in total. The molecule has 0 bridgehead atoms. The first-order valence-corrected chi connectivity index (χ1v) is 10.8. The van der Waals surface area contributed by atoms with Crippen molar-refractivity contribution in [3.63, 3.8) is 0 Å². The molecule has 1 aliphatic heterocycles. The predicted octanol–water partition coefficient (Wildman–Crippen LogP) is 1.44. The maximum Gasteiger partial charge on any atom is 0.408 e. The fraction of sp³-hybridized carbons (Fsp3) is 0.292. The van der Waals surface area contributed by atoms with Gasteiger partial charge in [0.25, 0.3) is 0 Å². The second-order valence-electron chi connectivity index (χ2n) is 7.75. The number of hydrogen-bond donors (Lipinski definition) is 4. The average molecular weight is 482 g/mol. The van der Waals surface area contributed by atoms with Crippen molar-refractivity contribution in [1.29, 1.82) is 5.41 Å². The van der Waals surface area contributed by atoms with E-state index >= 15 is 0 Å². The number of carbonyl (C=O) groups is 3. The summed E-state index contributed by atoms with van der Waals surface area (Å²) in [5.74, 6) is -1.13. The molecule has 0 saturated carbocycles. The molecular weight excluding hydrogens is 454 g/mol. The Bertz CT molecular complexity index is 1090. The van der Waals surface area contributed by atoms with Crippen LogP contribution in [-0.4, -0.2) is 55.3 Å². The van der Waals surface area contributed by atoms with Gasteiger partial charge in [-0.05, 0) is 11.1 Å². The van der Waals surface area contributed by atoms with Gasteiger partial charge >= 0.3 is 12.1 Å². The predicted molar refractivity (Wildman–Crippen MR) is 127 cm³/mol. The van der Waals surface area contributed by atoms with Crippen LogP contribution in [0.2, 0.25) is 0 Å². The van der Waals surface area contributed by atoms with Gasteiger partial charge in [-0.25, -0.2) is 9.59 Å². The molecule has 0 fully saturated rings. The van der Waals surface area contributed by atoms with E-state index in [0.29, 0.717) is 17.7 Å². The minimum Gasteiger partial charge on any atom is -0.467 e. The molecule has 1 unspecified atom stereocenters. The molecule has 2 aromatic rings. The molecule has 35 heavy (non-hydrogen) atoms. The number of nitrogens with two attached hydrogens (primary N) is 1. The number of nitrogens with one attached hydrogen (secondary N) is 3. The van der Waals surface area contributed by atoms with Gasteiger partial charge in [-0.15, -0.1) is 0 Å². The number of methoxy groups -OCH3 is 1. The van der Waals surface area contributed by atoms with Crippen LogP contribution in [0.3, 0.4) is 0 Å². The molecule has 2 atom stereocenters. The van der Waals surface area contributed by atoms with E-state index < -0.39 is 24.2 Å². The van der Waals surface area contributed by atoms with Crippen LogP contribution in [0.4, 0.5) is 4.79 Å². The van der Waals surface area contributed by atoms with Crippen LogP contribution < -0.4 is 16.4 Å². The first-order valence-electron chi connectivity index (χ1n) is 10.8. The summed E-state index contributed by atoms with van der Waals surface area (Å²) in [6, 6.07) is 14.9. The number of oxime groups is 1. The SMILES string of the molecule is COC(=O)[C@H](CNC(=O)CC1CC(c2ccc(C(=N)N)cc2)=NO1)NC(=O)OCc1ccccc1. The summed E-state index contributed by atoms with van der Waals surface area (Å²) in [5.41, 5.74) is 8.33. The van der Waals surface area contributed by atoms with Crippen molar-refractivity contribution in [2.24, 2.45) is 10.9 Å². The zero-order valence-corrected chi connectivity index (χ0v) is 19.2. The Morgan fingerprint density at radius 1 is 1.17 bits per heavy atom. The second kappa shape index (κ2) is 12.2. The first kappa shape index (κ1) is 25.2. The van der Waals surface area contributed by atoms with Crippen molar-refractivity contribution in [1.82, 2.24) is 10.6 Å². The monoisotopic (exact) mass is 481 g/mol. The van der Waals surface area contributed by atoms with Gasteiger partial charge in [-0.2, -0.15) is 0 Å². The topological polar surface area (TPSA) is 165 Å². The third-order valence-electron chi connectivity index (χ3n) is 5.17. The van der Waals surface area contributed by atoms with Crippen molar-refractivity contribution >= 4 is 29.5 Å². The molecule has 0 aromatic heterocycles. The first-order chi connectivity index (χ1) is 16.9. The average Bonchev–Trinajstić information content (AvgIpc) is 3.33. The number of alkyl carbamates (subject to hydrolysis) is 1. The Morgan fingerprint density at radius 3 is 2.54 bits per heavy atom.